The minimum absolute atomic E-state index is 0.186. The molecule has 3 aliphatic rings. The molecular weight excluding hydrogens is 452 g/mol. The Morgan fingerprint density at radius 2 is 1.74 bits per heavy atom. The van der Waals surface area contributed by atoms with Crippen LogP contribution in [-0.2, 0) is 15.4 Å². The fourth-order valence-corrected chi connectivity index (χ4v) is 6.22. The Kier molecular flexibility index (Phi) is 5.23. The van der Waals surface area contributed by atoms with Crippen LogP contribution in [0.3, 0.4) is 0 Å². The number of anilines is 2. The first-order chi connectivity index (χ1) is 15.8. The maximum absolute atomic E-state index is 13.6. The van der Waals surface area contributed by atoms with Crippen LogP contribution in [-0.4, -0.2) is 32.2 Å². The van der Waals surface area contributed by atoms with Gasteiger partial charge in [-0.2, -0.15) is 0 Å². The average molecular weight is 487 g/mol. The second-order valence-electron chi connectivity index (χ2n) is 11.7. The summed E-state index contributed by atoms with van der Waals surface area (Å²) in [7, 11) is -3.41. The normalized spacial score (nSPS) is 21.5. The molecule has 2 fully saturated rings. The lowest BCUT2D eigenvalue weighted by molar-refractivity contribution is 0.0422. The fraction of sp³-hybridized carbons (Fsp3) is 0.577. The number of furan rings is 1. The number of fused-ring (bicyclic) bond motifs is 2. The lowest BCUT2D eigenvalue weighted by Crippen LogP contribution is -2.39. The van der Waals surface area contributed by atoms with E-state index < -0.39 is 21.5 Å². The molecule has 2 saturated carbocycles. The topological polar surface area (TPSA) is 99.9 Å². The summed E-state index contributed by atoms with van der Waals surface area (Å²) in [4.78, 5) is 15.4. The molecule has 8 heteroatoms. The Morgan fingerprint density at radius 3 is 2.32 bits per heavy atom. The third-order valence-electron chi connectivity index (χ3n) is 8.02. The van der Waals surface area contributed by atoms with Crippen molar-refractivity contribution in [2.75, 3.05) is 22.4 Å². The van der Waals surface area contributed by atoms with Gasteiger partial charge in [-0.1, -0.05) is 20.8 Å². The molecule has 34 heavy (non-hydrogen) atoms. The summed E-state index contributed by atoms with van der Waals surface area (Å²) in [5, 5.41) is 10.6. The molecule has 0 saturated heterocycles. The standard InChI is InChI=1S/C26H34N2O5S/c1-24(2,3)22(29)20-7-8-21(33-20)23(30)28-16-26(13-11-25(9-10-25)12-14-26)18-15-17(5-6-19(18)28)27-34(4,31)32/h5-8,15,22,27,29H,9-14,16H2,1-4H3/t22-/m0/s1. The van der Waals surface area contributed by atoms with Crippen LogP contribution in [0.15, 0.2) is 34.7 Å². The summed E-state index contributed by atoms with van der Waals surface area (Å²) in [6.07, 6.45) is 7.16. The molecule has 2 aliphatic carbocycles. The van der Waals surface area contributed by atoms with Gasteiger partial charge in [0.15, 0.2) is 5.76 Å². The highest BCUT2D eigenvalue weighted by atomic mass is 32.2. The van der Waals surface area contributed by atoms with Crippen molar-refractivity contribution in [3.63, 3.8) is 0 Å². The van der Waals surface area contributed by atoms with Gasteiger partial charge in [0.1, 0.15) is 11.9 Å². The van der Waals surface area contributed by atoms with Crippen LogP contribution in [0.1, 0.15) is 87.3 Å². The number of carbonyl (C=O) groups is 1. The van der Waals surface area contributed by atoms with Gasteiger partial charge in [-0.05, 0) is 85.3 Å². The smallest absolute Gasteiger partial charge is 0.294 e. The van der Waals surface area contributed by atoms with Crippen LogP contribution in [0.4, 0.5) is 11.4 Å². The zero-order valence-corrected chi connectivity index (χ0v) is 21.2. The monoisotopic (exact) mass is 486 g/mol. The third-order valence-corrected chi connectivity index (χ3v) is 8.63. The van der Waals surface area contributed by atoms with Crippen LogP contribution >= 0.6 is 0 Å². The van der Waals surface area contributed by atoms with Gasteiger partial charge >= 0.3 is 0 Å². The number of carbonyl (C=O) groups excluding carboxylic acids is 1. The summed E-state index contributed by atoms with van der Waals surface area (Å²) in [5.41, 5.74) is 2.26. The van der Waals surface area contributed by atoms with E-state index in [9.17, 15) is 18.3 Å². The molecule has 184 valence electrons. The molecule has 5 rings (SSSR count). The first-order valence-electron chi connectivity index (χ1n) is 12.0. The molecule has 0 bridgehead atoms. The number of aliphatic hydroxyl groups excluding tert-OH is 1. The number of rotatable bonds is 4. The number of benzene rings is 1. The maximum Gasteiger partial charge on any atom is 0.294 e. The third kappa shape index (κ3) is 4.15. The minimum atomic E-state index is -3.41. The lowest BCUT2D eigenvalue weighted by Gasteiger charge is -2.38. The number of sulfonamides is 1. The Labute approximate surface area is 201 Å². The van der Waals surface area contributed by atoms with Crippen molar-refractivity contribution < 1.29 is 22.7 Å². The average Bonchev–Trinajstić information content (AvgIpc) is 3.21. The summed E-state index contributed by atoms with van der Waals surface area (Å²) < 4.78 is 32.1. The molecule has 1 amide bonds. The number of hydrogen-bond donors (Lipinski definition) is 2. The Hall–Kier alpha value is -2.32. The van der Waals surface area contributed by atoms with Crippen LogP contribution < -0.4 is 9.62 Å². The van der Waals surface area contributed by atoms with E-state index in [0.29, 0.717) is 23.4 Å². The lowest BCUT2D eigenvalue weighted by atomic mass is 9.66. The summed E-state index contributed by atoms with van der Waals surface area (Å²) >= 11 is 0. The molecule has 7 nitrogen and oxygen atoms in total. The highest BCUT2D eigenvalue weighted by molar-refractivity contribution is 7.92. The second kappa shape index (κ2) is 7.59. The molecule has 0 radical (unpaired) electrons. The van der Waals surface area contributed by atoms with Crippen molar-refractivity contribution in [2.24, 2.45) is 10.8 Å². The summed E-state index contributed by atoms with van der Waals surface area (Å²) in [6.45, 7) is 6.30. The molecule has 0 unspecified atom stereocenters. The van der Waals surface area contributed by atoms with E-state index in [0.717, 1.165) is 43.2 Å². The number of amides is 1. The molecule has 2 N–H and O–H groups in total. The number of nitrogens with zero attached hydrogens (tertiary/aromatic N) is 1. The summed E-state index contributed by atoms with van der Waals surface area (Å²) in [6, 6.07) is 8.76. The molecule has 1 aliphatic heterocycles. The van der Waals surface area contributed by atoms with Crippen LogP contribution in [0, 0.1) is 10.8 Å². The van der Waals surface area contributed by atoms with E-state index in [-0.39, 0.29) is 17.1 Å². The Bertz CT molecular complexity index is 1230. The second-order valence-corrected chi connectivity index (χ2v) is 13.5. The number of hydrogen-bond acceptors (Lipinski definition) is 5. The highest BCUT2D eigenvalue weighted by Crippen LogP contribution is 2.62. The van der Waals surface area contributed by atoms with Crippen LogP contribution in [0.2, 0.25) is 0 Å². The van der Waals surface area contributed by atoms with E-state index in [1.807, 2.05) is 32.9 Å². The molecule has 2 spiro atoms. The minimum Gasteiger partial charge on any atom is -0.453 e. The molecular formula is C26H34N2O5S. The zero-order chi connectivity index (χ0) is 24.5. The predicted octanol–water partition coefficient (Wildman–Crippen LogP) is 4.98. The predicted molar refractivity (Wildman–Crippen MR) is 132 cm³/mol. The quantitative estimate of drug-likeness (QED) is 0.635. The highest BCUT2D eigenvalue weighted by Gasteiger charge is 2.53. The van der Waals surface area contributed by atoms with Gasteiger partial charge in [-0.15, -0.1) is 0 Å². The number of nitrogens with one attached hydrogen (secondary N) is 1. The largest absolute Gasteiger partial charge is 0.453 e. The SMILES string of the molecule is CC(C)(C)[C@@H](O)c1ccc(C(=O)N2CC3(CCC4(CC4)CC3)c3cc(NS(C)(=O)=O)ccc32)o1. The van der Waals surface area contributed by atoms with Crippen molar-refractivity contribution >= 4 is 27.3 Å². The van der Waals surface area contributed by atoms with Gasteiger partial charge in [0.25, 0.3) is 5.91 Å². The first kappa shape index (κ1) is 23.4. The van der Waals surface area contributed by atoms with E-state index in [1.165, 1.54) is 12.8 Å². The first-order valence-corrected chi connectivity index (χ1v) is 13.9. The fourth-order valence-electron chi connectivity index (χ4n) is 5.67. The van der Waals surface area contributed by atoms with Gasteiger partial charge in [-0.3, -0.25) is 9.52 Å². The zero-order valence-electron chi connectivity index (χ0n) is 20.3. The van der Waals surface area contributed by atoms with E-state index >= 15 is 0 Å². The van der Waals surface area contributed by atoms with Gasteiger partial charge in [0.05, 0.1) is 6.26 Å². The van der Waals surface area contributed by atoms with E-state index in [2.05, 4.69) is 4.72 Å². The van der Waals surface area contributed by atoms with Gasteiger partial charge in [-0.25, -0.2) is 8.42 Å². The maximum atomic E-state index is 13.6. The van der Waals surface area contributed by atoms with Gasteiger partial charge in [0, 0.05) is 23.3 Å². The molecule has 1 aromatic heterocycles. The Morgan fingerprint density at radius 1 is 1.09 bits per heavy atom. The number of aliphatic hydroxyl groups is 1. The van der Waals surface area contributed by atoms with Crippen molar-refractivity contribution in [1.29, 1.82) is 0 Å². The van der Waals surface area contributed by atoms with Crippen LogP contribution in [0.25, 0.3) is 0 Å². The van der Waals surface area contributed by atoms with Crippen molar-refractivity contribution in [3.8, 4) is 0 Å². The van der Waals surface area contributed by atoms with Gasteiger partial charge in [0.2, 0.25) is 10.0 Å². The van der Waals surface area contributed by atoms with Crippen molar-refractivity contribution in [1.82, 2.24) is 0 Å². The van der Waals surface area contributed by atoms with Crippen LogP contribution in [0.5, 0.6) is 0 Å². The molecule has 2 aromatic rings. The van der Waals surface area contributed by atoms with E-state index in [1.54, 1.807) is 23.1 Å². The Balaban J connectivity index is 1.49. The molecule has 1 aromatic carbocycles. The van der Waals surface area contributed by atoms with E-state index in [4.69, 9.17) is 4.42 Å². The summed E-state index contributed by atoms with van der Waals surface area (Å²) in [5.74, 6) is 0.348. The van der Waals surface area contributed by atoms with Crippen molar-refractivity contribution in [3.05, 3.63) is 47.4 Å². The molecule has 1 atom stereocenters. The molecule has 2 heterocycles. The van der Waals surface area contributed by atoms with Crippen molar-refractivity contribution in [2.45, 2.75) is 70.8 Å². The van der Waals surface area contributed by atoms with Gasteiger partial charge < -0.3 is 14.4 Å².